The first-order valence-electron chi connectivity index (χ1n) is 7.64. The number of carboxylic acids is 1. The molecule has 1 aromatic rings. The van der Waals surface area contributed by atoms with E-state index in [0.717, 1.165) is 18.8 Å². The third-order valence-electron chi connectivity index (χ3n) is 4.98. The lowest BCUT2D eigenvalue weighted by molar-refractivity contribution is 0.0698. The third kappa shape index (κ3) is 2.70. The molecular formula is C16H23N3O2. The quantitative estimate of drug-likeness (QED) is 0.814. The Morgan fingerprint density at radius 2 is 2.14 bits per heavy atom. The molecule has 21 heavy (non-hydrogen) atoms. The number of nitrogen functional groups attached to an aromatic ring is 1. The molecule has 2 atom stereocenters. The number of fused-ring (bicyclic) bond motifs is 1. The summed E-state index contributed by atoms with van der Waals surface area (Å²) in [6.07, 6.45) is 3.72. The van der Waals surface area contributed by atoms with Gasteiger partial charge in [0.15, 0.2) is 0 Å². The van der Waals surface area contributed by atoms with E-state index in [1.165, 1.54) is 25.8 Å². The molecule has 5 heteroatoms. The molecular weight excluding hydrogens is 266 g/mol. The van der Waals surface area contributed by atoms with Gasteiger partial charge in [-0.3, -0.25) is 0 Å². The lowest BCUT2D eigenvalue weighted by Crippen LogP contribution is -2.52. The minimum absolute atomic E-state index is 0.186. The summed E-state index contributed by atoms with van der Waals surface area (Å²) in [5.74, 6) is -0.260. The summed E-state index contributed by atoms with van der Waals surface area (Å²) in [6, 6.07) is 6.00. The van der Waals surface area contributed by atoms with Crippen molar-refractivity contribution in [1.29, 1.82) is 0 Å². The molecule has 1 aromatic carbocycles. The van der Waals surface area contributed by atoms with E-state index in [2.05, 4.69) is 16.8 Å². The van der Waals surface area contributed by atoms with Gasteiger partial charge in [0.05, 0.1) is 5.56 Å². The Morgan fingerprint density at radius 3 is 2.86 bits per heavy atom. The van der Waals surface area contributed by atoms with E-state index in [0.29, 0.717) is 17.6 Å². The van der Waals surface area contributed by atoms with Crippen molar-refractivity contribution < 1.29 is 9.90 Å². The molecule has 2 aliphatic rings. The van der Waals surface area contributed by atoms with Gasteiger partial charge >= 0.3 is 5.97 Å². The van der Waals surface area contributed by atoms with Crippen LogP contribution in [-0.2, 0) is 0 Å². The lowest BCUT2D eigenvalue weighted by Gasteiger charge is -2.46. The molecule has 0 saturated carbocycles. The molecule has 2 aliphatic heterocycles. The molecule has 0 spiro atoms. The number of hydrogen-bond acceptors (Lipinski definition) is 4. The molecule has 2 unspecified atom stereocenters. The average molecular weight is 289 g/mol. The summed E-state index contributed by atoms with van der Waals surface area (Å²) in [4.78, 5) is 15.9. The average Bonchev–Trinajstić information content (AvgIpc) is 2.46. The number of nitrogens with two attached hydrogens (primary N) is 1. The van der Waals surface area contributed by atoms with Crippen molar-refractivity contribution in [3.63, 3.8) is 0 Å². The molecule has 5 nitrogen and oxygen atoms in total. The molecule has 2 heterocycles. The zero-order valence-electron chi connectivity index (χ0n) is 12.5. The number of likely N-dealkylation sites (tertiary alicyclic amines) is 1. The van der Waals surface area contributed by atoms with Crippen LogP contribution in [0.25, 0.3) is 0 Å². The Balaban J connectivity index is 1.76. The van der Waals surface area contributed by atoms with E-state index in [1.54, 1.807) is 12.1 Å². The van der Waals surface area contributed by atoms with Crippen LogP contribution in [-0.4, -0.2) is 48.7 Å². The van der Waals surface area contributed by atoms with Crippen LogP contribution in [0, 0.1) is 5.92 Å². The maximum Gasteiger partial charge on any atom is 0.337 e. The summed E-state index contributed by atoms with van der Waals surface area (Å²) in [7, 11) is 2.23. The van der Waals surface area contributed by atoms with Crippen LogP contribution in [0.15, 0.2) is 18.2 Å². The van der Waals surface area contributed by atoms with Crippen molar-refractivity contribution in [1.82, 2.24) is 4.90 Å². The summed E-state index contributed by atoms with van der Waals surface area (Å²) >= 11 is 0. The molecule has 0 radical (unpaired) electrons. The first-order chi connectivity index (χ1) is 10.1. The number of piperidine rings is 2. The van der Waals surface area contributed by atoms with Crippen molar-refractivity contribution in [2.24, 2.45) is 5.92 Å². The largest absolute Gasteiger partial charge is 0.478 e. The summed E-state index contributed by atoms with van der Waals surface area (Å²) < 4.78 is 0. The Morgan fingerprint density at radius 1 is 1.33 bits per heavy atom. The second-order valence-corrected chi connectivity index (χ2v) is 6.26. The van der Waals surface area contributed by atoms with Crippen LogP contribution < -0.4 is 10.6 Å². The fourth-order valence-electron chi connectivity index (χ4n) is 3.83. The zero-order chi connectivity index (χ0) is 15.0. The molecule has 114 valence electrons. The highest BCUT2D eigenvalue weighted by atomic mass is 16.4. The topological polar surface area (TPSA) is 69.8 Å². The van der Waals surface area contributed by atoms with Gasteiger partial charge in [0.2, 0.25) is 0 Å². The highest BCUT2D eigenvalue weighted by molar-refractivity contribution is 5.94. The minimum Gasteiger partial charge on any atom is -0.478 e. The Kier molecular flexibility index (Phi) is 3.76. The van der Waals surface area contributed by atoms with Gasteiger partial charge in [0, 0.05) is 30.5 Å². The molecule has 2 saturated heterocycles. The van der Waals surface area contributed by atoms with Crippen molar-refractivity contribution in [2.75, 3.05) is 37.3 Å². The van der Waals surface area contributed by atoms with Gasteiger partial charge in [-0.1, -0.05) is 0 Å². The van der Waals surface area contributed by atoms with Crippen molar-refractivity contribution in [3.05, 3.63) is 23.8 Å². The van der Waals surface area contributed by atoms with Crippen LogP contribution in [0.3, 0.4) is 0 Å². The summed E-state index contributed by atoms with van der Waals surface area (Å²) in [5.41, 5.74) is 7.45. The maximum absolute atomic E-state index is 11.0. The highest BCUT2D eigenvalue weighted by Crippen LogP contribution is 2.32. The molecule has 3 rings (SSSR count). The number of benzene rings is 1. The van der Waals surface area contributed by atoms with E-state index in [-0.39, 0.29) is 5.56 Å². The van der Waals surface area contributed by atoms with Crippen LogP contribution in [0.5, 0.6) is 0 Å². The van der Waals surface area contributed by atoms with E-state index in [4.69, 9.17) is 10.8 Å². The van der Waals surface area contributed by atoms with E-state index in [1.807, 2.05) is 6.07 Å². The van der Waals surface area contributed by atoms with Gasteiger partial charge in [-0.2, -0.15) is 0 Å². The number of carbonyl (C=O) groups is 1. The van der Waals surface area contributed by atoms with Gasteiger partial charge < -0.3 is 20.6 Å². The van der Waals surface area contributed by atoms with Crippen LogP contribution >= 0.6 is 0 Å². The molecule has 0 aliphatic carbocycles. The third-order valence-corrected chi connectivity index (χ3v) is 4.98. The fraction of sp³-hybridized carbons (Fsp3) is 0.562. The van der Waals surface area contributed by atoms with E-state index in [9.17, 15) is 4.79 Å². The van der Waals surface area contributed by atoms with Gasteiger partial charge in [-0.15, -0.1) is 0 Å². The summed E-state index contributed by atoms with van der Waals surface area (Å²) in [6.45, 7) is 3.26. The monoisotopic (exact) mass is 289 g/mol. The molecule has 2 fully saturated rings. The van der Waals surface area contributed by atoms with Crippen molar-refractivity contribution in [2.45, 2.75) is 25.3 Å². The Hall–Kier alpha value is -1.75. The van der Waals surface area contributed by atoms with Crippen molar-refractivity contribution in [3.8, 4) is 0 Å². The fourth-order valence-corrected chi connectivity index (χ4v) is 3.83. The highest BCUT2D eigenvalue weighted by Gasteiger charge is 2.34. The van der Waals surface area contributed by atoms with E-state index < -0.39 is 5.97 Å². The van der Waals surface area contributed by atoms with Gasteiger partial charge in [-0.25, -0.2) is 4.79 Å². The van der Waals surface area contributed by atoms with Gasteiger partial charge in [0.25, 0.3) is 0 Å². The van der Waals surface area contributed by atoms with E-state index >= 15 is 0 Å². The standard InChI is InChI=1S/C16H23N3O2/c1-18-7-2-3-11-10-19(8-6-15(11)18)12-4-5-13(16(20)21)14(17)9-12/h4-5,9,11,15H,2-3,6-8,10,17H2,1H3,(H,20,21). The van der Waals surface area contributed by atoms with Crippen LogP contribution in [0.2, 0.25) is 0 Å². The van der Waals surface area contributed by atoms with Crippen LogP contribution in [0.1, 0.15) is 29.6 Å². The number of nitrogens with zero attached hydrogens (tertiary/aromatic N) is 2. The molecule has 3 N–H and O–H groups in total. The first kappa shape index (κ1) is 14.2. The maximum atomic E-state index is 11.0. The lowest BCUT2D eigenvalue weighted by atomic mass is 9.84. The van der Waals surface area contributed by atoms with Crippen molar-refractivity contribution >= 4 is 17.3 Å². The number of aromatic carboxylic acids is 1. The number of anilines is 2. The predicted octanol–water partition coefficient (Wildman–Crippen LogP) is 1.89. The summed E-state index contributed by atoms with van der Waals surface area (Å²) in [5, 5.41) is 9.05. The minimum atomic E-state index is -0.966. The SMILES string of the molecule is CN1CCCC2CN(c3ccc(C(=O)O)c(N)c3)CCC21. The number of carboxylic acid groups (broad SMARTS) is 1. The molecule has 0 amide bonds. The zero-order valence-corrected chi connectivity index (χ0v) is 12.5. The van der Waals surface area contributed by atoms with Gasteiger partial charge in [0.1, 0.15) is 0 Å². The smallest absolute Gasteiger partial charge is 0.337 e. The second kappa shape index (κ2) is 5.56. The molecule has 0 aromatic heterocycles. The Labute approximate surface area is 125 Å². The molecule has 0 bridgehead atoms. The predicted molar refractivity (Wildman–Crippen MR) is 83.8 cm³/mol. The second-order valence-electron chi connectivity index (χ2n) is 6.26. The Bertz CT molecular complexity index is 546. The van der Waals surface area contributed by atoms with Gasteiger partial charge in [-0.05, 0) is 57.0 Å². The first-order valence-corrected chi connectivity index (χ1v) is 7.64. The number of hydrogen-bond donors (Lipinski definition) is 2. The van der Waals surface area contributed by atoms with Crippen LogP contribution in [0.4, 0.5) is 11.4 Å². The number of rotatable bonds is 2. The normalized spacial score (nSPS) is 26.4.